The van der Waals surface area contributed by atoms with Gasteiger partial charge in [0.1, 0.15) is 0 Å². The van der Waals surface area contributed by atoms with Crippen molar-refractivity contribution in [2.45, 2.75) is 31.2 Å². The van der Waals surface area contributed by atoms with Crippen LogP contribution in [0.15, 0.2) is 24.3 Å². The van der Waals surface area contributed by atoms with Gasteiger partial charge in [-0.2, -0.15) is 0 Å². The Hall–Kier alpha value is -1.55. The molecule has 4 nitrogen and oxygen atoms in total. The van der Waals surface area contributed by atoms with Crippen LogP contribution in [0.25, 0.3) is 0 Å². The molecule has 0 aromatic heterocycles. The average Bonchev–Trinajstić information content (AvgIpc) is 3.01. The quantitative estimate of drug-likeness (QED) is 0.856. The van der Waals surface area contributed by atoms with Crippen molar-refractivity contribution in [3.63, 3.8) is 0 Å². The predicted molar refractivity (Wildman–Crippen MR) is 83.5 cm³/mol. The van der Waals surface area contributed by atoms with Gasteiger partial charge in [0.15, 0.2) is 0 Å². The van der Waals surface area contributed by atoms with E-state index >= 15 is 0 Å². The summed E-state index contributed by atoms with van der Waals surface area (Å²) >= 11 is 0. The number of fused-ring (bicyclic) bond motifs is 2. The normalized spacial score (nSPS) is 28.7. The minimum atomic E-state index is 0.0513. The highest BCUT2D eigenvalue weighted by molar-refractivity contribution is 5.86. The van der Waals surface area contributed by atoms with Crippen LogP contribution in [-0.4, -0.2) is 54.5 Å². The first-order chi connectivity index (χ1) is 10.3. The molecule has 1 aromatic carbocycles. The number of rotatable bonds is 1. The van der Waals surface area contributed by atoms with Gasteiger partial charge in [0.25, 0.3) is 0 Å². The number of benzene rings is 1. The molecular formula is C17H23N3O. The first kappa shape index (κ1) is 13.1. The average molecular weight is 285 g/mol. The summed E-state index contributed by atoms with van der Waals surface area (Å²) in [7, 11) is 0. The molecule has 1 aromatic rings. The molecule has 0 radical (unpaired) electrons. The zero-order valence-electron chi connectivity index (χ0n) is 12.4. The highest BCUT2D eigenvalue weighted by atomic mass is 16.2. The van der Waals surface area contributed by atoms with Crippen molar-refractivity contribution in [2.75, 3.05) is 38.0 Å². The van der Waals surface area contributed by atoms with E-state index in [0.717, 1.165) is 38.3 Å². The third-order valence-electron chi connectivity index (χ3n) is 5.28. The number of piperazine rings is 1. The third kappa shape index (κ3) is 2.31. The summed E-state index contributed by atoms with van der Waals surface area (Å²) in [5.74, 6) is 0.394. The molecule has 0 saturated carbocycles. The summed E-state index contributed by atoms with van der Waals surface area (Å²) < 4.78 is 0. The minimum Gasteiger partial charge on any atom is -0.385 e. The molecule has 3 heterocycles. The van der Waals surface area contributed by atoms with Gasteiger partial charge in [0.05, 0.1) is 5.92 Å². The SMILES string of the molecule is O=C(C1CCNc2ccccc21)N1CCN2CCCC2C1. The first-order valence-corrected chi connectivity index (χ1v) is 8.18. The van der Waals surface area contributed by atoms with Crippen LogP contribution in [-0.2, 0) is 4.79 Å². The zero-order chi connectivity index (χ0) is 14.2. The second-order valence-corrected chi connectivity index (χ2v) is 6.47. The number of hydrogen-bond acceptors (Lipinski definition) is 3. The summed E-state index contributed by atoms with van der Waals surface area (Å²) in [6, 6.07) is 8.89. The Labute approximate surface area is 126 Å². The van der Waals surface area contributed by atoms with Gasteiger partial charge in [0.2, 0.25) is 5.91 Å². The van der Waals surface area contributed by atoms with Crippen LogP contribution in [0.5, 0.6) is 0 Å². The Morgan fingerprint density at radius 3 is 3.00 bits per heavy atom. The maximum absolute atomic E-state index is 13.0. The van der Waals surface area contributed by atoms with Gasteiger partial charge in [-0.1, -0.05) is 18.2 Å². The van der Waals surface area contributed by atoms with E-state index in [9.17, 15) is 4.79 Å². The van der Waals surface area contributed by atoms with Crippen molar-refractivity contribution in [1.82, 2.24) is 9.80 Å². The summed E-state index contributed by atoms with van der Waals surface area (Å²) in [6.07, 6.45) is 3.47. The van der Waals surface area contributed by atoms with Crippen molar-refractivity contribution in [3.05, 3.63) is 29.8 Å². The van der Waals surface area contributed by atoms with Crippen molar-refractivity contribution in [2.24, 2.45) is 0 Å². The van der Waals surface area contributed by atoms with E-state index in [1.807, 2.05) is 12.1 Å². The zero-order valence-corrected chi connectivity index (χ0v) is 12.4. The van der Waals surface area contributed by atoms with E-state index in [0.29, 0.717) is 11.9 Å². The Morgan fingerprint density at radius 1 is 1.14 bits per heavy atom. The number of para-hydroxylation sites is 1. The van der Waals surface area contributed by atoms with Gasteiger partial charge < -0.3 is 10.2 Å². The van der Waals surface area contributed by atoms with Crippen LogP contribution in [0.2, 0.25) is 0 Å². The molecule has 0 aliphatic carbocycles. The van der Waals surface area contributed by atoms with Crippen molar-refractivity contribution in [3.8, 4) is 0 Å². The van der Waals surface area contributed by atoms with Gasteiger partial charge >= 0.3 is 0 Å². The molecule has 2 saturated heterocycles. The first-order valence-electron chi connectivity index (χ1n) is 8.18. The molecule has 4 heteroatoms. The van der Waals surface area contributed by atoms with Gasteiger partial charge in [-0.15, -0.1) is 0 Å². The number of carbonyl (C=O) groups excluding carboxylic acids is 1. The molecule has 0 spiro atoms. The molecule has 4 rings (SSSR count). The smallest absolute Gasteiger partial charge is 0.230 e. The summed E-state index contributed by atoms with van der Waals surface area (Å²) in [4.78, 5) is 17.7. The number of nitrogens with one attached hydrogen (secondary N) is 1. The van der Waals surface area contributed by atoms with Crippen molar-refractivity contribution >= 4 is 11.6 Å². The number of nitrogens with zero attached hydrogens (tertiary/aromatic N) is 2. The molecular weight excluding hydrogens is 262 g/mol. The number of carbonyl (C=O) groups is 1. The lowest BCUT2D eigenvalue weighted by Crippen LogP contribution is -2.53. The van der Waals surface area contributed by atoms with E-state index in [1.165, 1.54) is 24.9 Å². The van der Waals surface area contributed by atoms with E-state index in [4.69, 9.17) is 0 Å². The molecule has 0 bridgehead atoms. The Morgan fingerprint density at radius 2 is 2.05 bits per heavy atom. The summed E-state index contributed by atoms with van der Waals surface area (Å²) in [5, 5.41) is 3.41. The van der Waals surface area contributed by atoms with Crippen molar-refractivity contribution in [1.29, 1.82) is 0 Å². The fourth-order valence-electron chi connectivity index (χ4n) is 4.14. The largest absolute Gasteiger partial charge is 0.385 e. The Bertz CT molecular complexity index is 545. The molecule has 3 aliphatic heterocycles. The molecule has 2 unspecified atom stereocenters. The third-order valence-corrected chi connectivity index (χ3v) is 5.28. The highest BCUT2D eigenvalue weighted by Gasteiger charge is 2.36. The predicted octanol–water partition coefficient (Wildman–Crippen LogP) is 1.89. The van der Waals surface area contributed by atoms with Gasteiger partial charge in [-0.05, 0) is 37.4 Å². The maximum Gasteiger partial charge on any atom is 0.230 e. The van der Waals surface area contributed by atoms with Crippen molar-refractivity contribution < 1.29 is 4.79 Å². The van der Waals surface area contributed by atoms with Crippen LogP contribution in [0.3, 0.4) is 0 Å². The topological polar surface area (TPSA) is 35.6 Å². The minimum absolute atomic E-state index is 0.0513. The molecule has 1 N–H and O–H groups in total. The van der Waals surface area contributed by atoms with Crippen LogP contribution in [0.1, 0.15) is 30.7 Å². The molecule has 1 amide bonds. The Balaban J connectivity index is 1.53. The number of hydrogen-bond donors (Lipinski definition) is 1. The molecule has 112 valence electrons. The summed E-state index contributed by atoms with van der Waals surface area (Å²) in [5.41, 5.74) is 2.32. The number of anilines is 1. The summed E-state index contributed by atoms with van der Waals surface area (Å²) in [6.45, 7) is 5.02. The molecule has 3 aliphatic rings. The number of amides is 1. The van der Waals surface area contributed by atoms with Crippen LogP contribution >= 0.6 is 0 Å². The van der Waals surface area contributed by atoms with E-state index in [-0.39, 0.29) is 5.92 Å². The van der Waals surface area contributed by atoms with Crippen LogP contribution in [0, 0.1) is 0 Å². The fraction of sp³-hybridized carbons (Fsp3) is 0.588. The fourth-order valence-corrected chi connectivity index (χ4v) is 4.14. The monoisotopic (exact) mass is 285 g/mol. The molecule has 21 heavy (non-hydrogen) atoms. The van der Waals surface area contributed by atoms with Gasteiger partial charge in [-0.3, -0.25) is 9.69 Å². The van der Waals surface area contributed by atoms with Crippen LogP contribution < -0.4 is 5.32 Å². The lowest BCUT2D eigenvalue weighted by atomic mass is 9.89. The standard InChI is InChI=1S/C17H23N3O/c21-17(20-11-10-19-9-3-4-13(19)12-20)15-7-8-18-16-6-2-1-5-14(15)16/h1-2,5-6,13,15,18H,3-4,7-12H2. The highest BCUT2D eigenvalue weighted by Crippen LogP contribution is 2.33. The van der Waals surface area contributed by atoms with E-state index in [1.54, 1.807) is 0 Å². The lowest BCUT2D eigenvalue weighted by molar-refractivity contribution is -0.135. The van der Waals surface area contributed by atoms with Crippen LogP contribution in [0.4, 0.5) is 5.69 Å². The second kappa shape index (κ2) is 5.34. The van der Waals surface area contributed by atoms with Gasteiger partial charge in [0, 0.05) is 37.9 Å². The maximum atomic E-state index is 13.0. The molecule has 2 fully saturated rings. The van der Waals surface area contributed by atoms with E-state index in [2.05, 4.69) is 27.2 Å². The second-order valence-electron chi connectivity index (χ2n) is 6.47. The van der Waals surface area contributed by atoms with E-state index < -0.39 is 0 Å². The Kier molecular flexibility index (Phi) is 3.34. The lowest BCUT2D eigenvalue weighted by Gasteiger charge is -2.39. The van der Waals surface area contributed by atoms with Gasteiger partial charge in [-0.25, -0.2) is 0 Å². The molecule has 2 atom stereocenters.